The number of methoxy groups -OCH3 is 1. The molecule has 0 spiro atoms. The van der Waals surface area contributed by atoms with Crippen molar-refractivity contribution in [3.8, 4) is 11.5 Å². The van der Waals surface area contributed by atoms with E-state index in [-0.39, 0.29) is 0 Å². The van der Waals surface area contributed by atoms with Gasteiger partial charge in [0.2, 0.25) is 0 Å². The number of hydrogen-bond donors (Lipinski definition) is 0. The smallest absolute Gasteiger partial charge is 0.162 e. The molecule has 1 saturated carbocycles. The summed E-state index contributed by atoms with van der Waals surface area (Å²) >= 11 is 0. The van der Waals surface area contributed by atoms with E-state index in [4.69, 9.17) is 9.47 Å². The highest BCUT2D eigenvalue weighted by Crippen LogP contribution is 2.36. The van der Waals surface area contributed by atoms with Gasteiger partial charge in [-0.25, -0.2) is 0 Å². The Morgan fingerprint density at radius 2 is 1.90 bits per heavy atom. The van der Waals surface area contributed by atoms with Crippen molar-refractivity contribution < 1.29 is 9.47 Å². The highest BCUT2D eigenvalue weighted by molar-refractivity contribution is 5.71. The molecule has 0 N–H and O–H groups in total. The van der Waals surface area contributed by atoms with Crippen LogP contribution in [-0.4, -0.2) is 13.2 Å². The van der Waals surface area contributed by atoms with E-state index in [2.05, 4.69) is 31.2 Å². The lowest BCUT2D eigenvalue weighted by Gasteiger charge is -2.18. The summed E-state index contributed by atoms with van der Waals surface area (Å²) in [5.41, 5.74) is 4.01. The lowest BCUT2D eigenvalue weighted by atomic mass is 9.94. The normalized spacial score (nSPS) is 19.1. The number of benzene rings is 1. The van der Waals surface area contributed by atoms with Crippen LogP contribution in [0, 0.1) is 0 Å². The highest BCUT2D eigenvalue weighted by Gasteiger charge is 2.19. The van der Waals surface area contributed by atoms with E-state index in [0.717, 1.165) is 37.2 Å². The molecule has 0 atom stereocenters. The van der Waals surface area contributed by atoms with Gasteiger partial charge < -0.3 is 9.47 Å². The first kappa shape index (κ1) is 14.2. The Morgan fingerprint density at radius 1 is 1.10 bits per heavy atom. The van der Waals surface area contributed by atoms with Gasteiger partial charge in [0.1, 0.15) is 0 Å². The van der Waals surface area contributed by atoms with Crippen molar-refractivity contribution in [2.24, 2.45) is 0 Å². The molecule has 0 unspecified atom stereocenters. The average Bonchev–Trinajstić information content (AvgIpc) is 3.00. The summed E-state index contributed by atoms with van der Waals surface area (Å²) in [6.07, 6.45) is 12.1. The monoisotopic (exact) mass is 284 g/mol. The van der Waals surface area contributed by atoms with Crippen LogP contribution in [0.15, 0.2) is 35.9 Å². The van der Waals surface area contributed by atoms with E-state index in [1.807, 2.05) is 6.07 Å². The molecule has 2 heteroatoms. The van der Waals surface area contributed by atoms with Crippen LogP contribution < -0.4 is 9.47 Å². The molecule has 21 heavy (non-hydrogen) atoms. The molecule has 0 aromatic heterocycles. The van der Waals surface area contributed by atoms with E-state index in [1.54, 1.807) is 7.11 Å². The maximum Gasteiger partial charge on any atom is 0.162 e. The zero-order valence-corrected chi connectivity index (χ0v) is 13.0. The number of rotatable bonds is 4. The predicted octanol–water partition coefficient (Wildman–Crippen LogP) is 5.14. The van der Waals surface area contributed by atoms with Gasteiger partial charge in [-0.3, -0.25) is 0 Å². The first-order valence-electron chi connectivity index (χ1n) is 7.98. The van der Waals surface area contributed by atoms with Gasteiger partial charge in [0.05, 0.1) is 13.2 Å². The fourth-order valence-corrected chi connectivity index (χ4v) is 3.24. The summed E-state index contributed by atoms with van der Waals surface area (Å²) in [5, 5.41) is 0. The maximum atomic E-state index is 6.19. The van der Waals surface area contributed by atoms with Crippen LogP contribution in [-0.2, 0) is 0 Å². The largest absolute Gasteiger partial charge is 0.493 e. The molecular weight excluding hydrogens is 260 g/mol. The van der Waals surface area contributed by atoms with Crippen LogP contribution in [0.3, 0.4) is 0 Å². The predicted molar refractivity (Wildman–Crippen MR) is 86.8 cm³/mol. The first-order chi connectivity index (χ1) is 10.3. The summed E-state index contributed by atoms with van der Waals surface area (Å²) in [7, 11) is 1.71. The van der Waals surface area contributed by atoms with Crippen LogP contribution in [0.5, 0.6) is 11.5 Å². The Bertz CT molecular complexity index is 563. The van der Waals surface area contributed by atoms with Crippen molar-refractivity contribution in [3.63, 3.8) is 0 Å². The summed E-state index contributed by atoms with van der Waals surface area (Å²) in [4.78, 5) is 0. The molecule has 1 aromatic rings. The molecule has 2 aliphatic carbocycles. The fourth-order valence-electron chi connectivity index (χ4n) is 3.24. The molecule has 3 rings (SSSR count). The molecule has 1 fully saturated rings. The second kappa shape index (κ2) is 6.38. The molecule has 0 aliphatic heterocycles. The van der Waals surface area contributed by atoms with Gasteiger partial charge >= 0.3 is 0 Å². The minimum atomic E-state index is 0.358. The molecule has 112 valence electrons. The first-order valence-corrected chi connectivity index (χ1v) is 7.98. The third kappa shape index (κ3) is 3.31. The van der Waals surface area contributed by atoms with Crippen molar-refractivity contribution in [2.45, 2.75) is 51.6 Å². The third-order valence-electron chi connectivity index (χ3n) is 4.41. The van der Waals surface area contributed by atoms with E-state index in [9.17, 15) is 0 Å². The highest BCUT2D eigenvalue weighted by atomic mass is 16.5. The molecule has 2 aliphatic rings. The summed E-state index contributed by atoms with van der Waals surface area (Å²) in [6, 6.07) is 6.33. The molecule has 0 bridgehead atoms. The van der Waals surface area contributed by atoms with Gasteiger partial charge in [-0.15, -0.1) is 0 Å². The Kier molecular flexibility index (Phi) is 4.33. The van der Waals surface area contributed by atoms with Crippen molar-refractivity contribution >= 4 is 5.57 Å². The van der Waals surface area contributed by atoms with Crippen molar-refractivity contribution in [2.75, 3.05) is 7.11 Å². The van der Waals surface area contributed by atoms with Crippen molar-refractivity contribution in [1.29, 1.82) is 0 Å². The van der Waals surface area contributed by atoms with E-state index < -0.39 is 0 Å². The van der Waals surface area contributed by atoms with Gasteiger partial charge in [-0.1, -0.05) is 23.8 Å². The summed E-state index contributed by atoms with van der Waals surface area (Å²) < 4.78 is 11.7. The Morgan fingerprint density at radius 3 is 2.62 bits per heavy atom. The molecular formula is C19H24O2. The van der Waals surface area contributed by atoms with Gasteiger partial charge in [0, 0.05) is 0 Å². The van der Waals surface area contributed by atoms with Crippen LogP contribution in [0.4, 0.5) is 0 Å². The van der Waals surface area contributed by atoms with Crippen LogP contribution in [0.2, 0.25) is 0 Å². The van der Waals surface area contributed by atoms with Gasteiger partial charge in [-0.2, -0.15) is 0 Å². The maximum absolute atomic E-state index is 6.19. The summed E-state index contributed by atoms with van der Waals surface area (Å²) in [6.45, 7) is 2.17. The lowest BCUT2D eigenvalue weighted by Crippen LogP contribution is -2.11. The van der Waals surface area contributed by atoms with Crippen molar-refractivity contribution in [3.05, 3.63) is 41.5 Å². The second-order valence-electron chi connectivity index (χ2n) is 6.05. The average molecular weight is 284 g/mol. The van der Waals surface area contributed by atoms with Gasteiger partial charge in [0.25, 0.3) is 0 Å². The Balaban J connectivity index is 1.87. The zero-order valence-electron chi connectivity index (χ0n) is 13.0. The molecule has 0 amide bonds. The van der Waals surface area contributed by atoms with Gasteiger partial charge in [-0.05, 0) is 68.7 Å². The number of allylic oxidation sites excluding steroid dienone is 4. The summed E-state index contributed by atoms with van der Waals surface area (Å²) in [5.74, 6) is 1.74. The Labute approximate surface area is 127 Å². The van der Waals surface area contributed by atoms with E-state index in [0.29, 0.717) is 6.10 Å². The standard InChI is InChI=1S/C19H24O2/c1-14-6-5-7-15(12-14)16-10-11-18(20-2)19(13-16)21-17-8-3-4-9-17/h6,10-13,17H,3-5,7-9H2,1-2H3. The molecule has 2 nitrogen and oxygen atoms in total. The lowest BCUT2D eigenvalue weighted by molar-refractivity contribution is 0.200. The zero-order chi connectivity index (χ0) is 14.7. The molecule has 0 radical (unpaired) electrons. The number of hydrogen-bond acceptors (Lipinski definition) is 2. The van der Waals surface area contributed by atoms with Crippen molar-refractivity contribution in [1.82, 2.24) is 0 Å². The topological polar surface area (TPSA) is 18.5 Å². The van der Waals surface area contributed by atoms with Crippen LogP contribution >= 0.6 is 0 Å². The third-order valence-corrected chi connectivity index (χ3v) is 4.41. The minimum Gasteiger partial charge on any atom is -0.493 e. The molecule has 0 heterocycles. The van der Waals surface area contributed by atoms with E-state index >= 15 is 0 Å². The van der Waals surface area contributed by atoms with E-state index in [1.165, 1.54) is 29.6 Å². The Hall–Kier alpha value is -1.70. The second-order valence-corrected chi connectivity index (χ2v) is 6.05. The quantitative estimate of drug-likeness (QED) is 0.762. The van der Waals surface area contributed by atoms with Crippen LogP contribution in [0.25, 0.3) is 5.57 Å². The van der Waals surface area contributed by atoms with Gasteiger partial charge in [0.15, 0.2) is 11.5 Å². The number of ether oxygens (including phenoxy) is 2. The SMILES string of the molecule is COc1ccc(C2=CC(C)=CCC2)cc1OC1CCCC1. The van der Waals surface area contributed by atoms with Crippen LogP contribution in [0.1, 0.15) is 51.0 Å². The fraction of sp³-hybridized carbons (Fsp3) is 0.474. The molecule has 1 aromatic carbocycles. The minimum absolute atomic E-state index is 0.358. The molecule has 0 saturated heterocycles.